The van der Waals surface area contributed by atoms with Crippen LogP contribution in [0.1, 0.15) is 64.2 Å². The lowest BCUT2D eigenvalue weighted by molar-refractivity contribution is -0.115. The van der Waals surface area contributed by atoms with Gasteiger partial charge < -0.3 is 16.2 Å². The number of aliphatic hydroxyl groups is 1. The fourth-order valence-corrected chi connectivity index (χ4v) is 2.88. The number of nitrogens with zero attached hydrogens (tertiary/aromatic N) is 1. The lowest BCUT2D eigenvalue weighted by atomic mass is 10.00. The van der Waals surface area contributed by atoms with Crippen molar-refractivity contribution in [3.05, 3.63) is 76.1 Å². The van der Waals surface area contributed by atoms with E-state index in [1.165, 1.54) is 12.3 Å². The average molecular weight is 422 g/mol. The molecule has 0 aliphatic carbocycles. The Morgan fingerprint density at radius 1 is 1.34 bits per heavy atom. The summed E-state index contributed by atoms with van der Waals surface area (Å²) >= 11 is 1.10. The van der Waals surface area contributed by atoms with Crippen LogP contribution in [-0.2, 0) is 17.6 Å². The van der Waals surface area contributed by atoms with Gasteiger partial charge in [0, 0.05) is 16.6 Å². The minimum atomic E-state index is -3.12. The van der Waals surface area contributed by atoms with E-state index >= 15 is 0 Å². The zero-order chi connectivity index (χ0) is 31.2. The number of nitrogen functional groups attached to an aromatic ring is 1. The average Bonchev–Trinajstić information content (AvgIpc) is 3.30. The molecule has 152 valence electrons. The zero-order valence-electron chi connectivity index (χ0n) is 27.6. The summed E-state index contributed by atoms with van der Waals surface area (Å²) < 4.78 is 99.0. The third-order valence-corrected chi connectivity index (χ3v) is 4.38. The first-order valence-electron chi connectivity index (χ1n) is 14.7. The molecule has 0 radical (unpaired) electrons. The van der Waals surface area contributed by atoms with Crippen molar-refractivity contribution < 1.29 is 26.4 Å². The van der Waals surface area contributed by atoms with Gasteiger partial charge >= 0.3 is 0 Å². The number of carbonyl (C=O) groups is 1. The van der Waals surface area contributed by atoms with Crippen molar-refractivity contribution in [2.45, 2.75) is 45.0 Å². The second-order valence-corrected chi connectivity index (χ2v) is 6.94. The molecule has 0 fully saturated rings. The standard InChI is InChI=1S/C23H27N3O2S/c1-16-5-4-7-18(13-16)21(27)8-3-2-6-17-9-11-19(12-10-17)25-22(28)14-20-15-29-23(24)26-20/h4-5,7,9-13,15,21,27H,2-3,6,8,14H2,1H3,(H2,24,26)(H,25,28)/t21-/m0/s1/i2D2,4D,5D,6D2,7D,9D,10D,11D,12D,13D. The molecule has 0 saturated heterocycles. The molecule has 4 N–H and O–H groups in total. The first-order chi connectivity index (χ1) is 18.8. The van der Waals surface area contributed by atoms with Crippen molar-refractivity contribution in [2.24, 2.45) is 0 Å². The minimum Gasteiger partial charge on any atom is -0.388 e. The predicted octanol–water partition coefficient (Wildman–Crippen LogP) is 4.66. The Morgan fingerprint density at radius 3 is 2.86 bits per heavy atom. The van der Waals surface area contributed by atoms with Gasteiger partial charge in [-0.15, -0.1) is 11.3 Å². The zero-order valence-corrected chi connectivity index (χ0v) is 16.4. The molecule has 6 heteroatoms. The number of nitrogens with two attached hydrogens (primary N) is 1. The van der Waals surface area contributed by atoms with Crippen LogP contribution in [0.4, 0.5) is 10.8 Å². The van der Waals surface area contributed by atoms with Gasteiger partial charge in [0.2, 0.25) is 5.91 Å². The van der Waals surface area contributed by atoms with Crippen molar-refractivity contribution >= 4 is 28.1 Å². The number of amides is 1. The van der Waals surface area contributed by atoms with Crippen LogP contribution in [0, 0.1) is 6.92 Å². The smallest absolute Gasteiger partial charge is 0.230 e. The lowest BCUT2D eigenvalue weighted by Gasteiger charge is -2.11. The first-order valence-corrected chi connectivity index (χ1v) is 9.56. The Hall–Kier alpha value is -2.70. The van der Waals surface area contributed by atoms with Gasteiger partial charge in [0.1, 0.15) is 0 Å². The predicted molar refractivity (Wildman–Crippen MR) is 119 cm³/mol. The van der Waals surface area contributed by atoms with Crippen molar-refractivity contribution in [2.75, 3.05) is 11.1 Å². The van der Waals surface area contributed by atoms with Gasteiger partial charge in [-0.1, -0.05) is 48.2 Å². The van der Waals surface area contributed by atoms with E-state index in [0.717, 1.165) is 11.3 Å². The maximum atomic E-state index is 12.5. The molecule has 3 rings (SSSR count). The van der Waals surface area contributed by atoms with Gasteiger partial charge in [-0.25, -0.2) is 4.98 Å². The van der Waals surface area contributed by atoms with Gasteiger partial charge in [0.05, 0.1) is 29.2 Å². The van der Waals surface area contributed by atoms with Crippen molar-refractivity contribution in [3.63, 3.8) is 0 Å². The molecule has 1 atom stereocenters. The van der Waals surface area contributed by atoms with E-state index in [4.69, 9.17) is 22.2 Å². The van der Waals surface area contributed by atoms with Crippen LogP contribution in [0.5, 0.6) is 0 Å². The normalized spacial score (nSPS) is 18.8. The maximum Gasteiger partial charge on any atom is 0.230 e. The highest BCUT2D eigenvalue weighted by Gasteiger charge is 2.08. The van der Waals surface area contributed by atoms with E-state index < -0.39 is 85.1 Å². The molecule has 1 amide bonds. The molecule has 0 aliphatic heterocycles. The third-order valence-electron chi connectivity index (χ3n) is 3.66. The number of rotatable bonds is 9. The maximum absolute atomic E-state index is 12.5. The summed E-state index contributed by atoms with van der Waals surface area (Å²) in [4.78, 5) is 16.4. The monoisotopic (exact) mass is 421 g/mol. The summed E-state index contributed by atoms with van der Waals surface area (Å²) in [5, 5.41) is 14.7. The van der Waals surface area contributed by atoms with Gasteiger partial charge in [-0.2, -0.15) is 0 Å². The second kappa shape index (κ2) is 10.2. The van der Waals surface area contributed by atoms with Crippen LogP contribution in [0.3, 0.4) is 0 Å². The van der Waals surface area contributed by atoms with Crippen LogP contribution in [-0.4, -0.2) is 16.0 Å². The van der Waals surface area contributed by atoms with Gasteiger partial charge in [-0.05, 0) is 49.3 Å². The first kappa shape index (κ1) is 10.4. The Morgan fingerprint density at radius 2 is 2.14 bits per heavy atom. The van der Waals surface area contributed by atoms with Gasteiger partial charge in [-0.3, -0.25) is 4.79 Å². The number of carbonyl (C=O) groups excluding carboxylic acids is 1. The Balaban J connectivity index is 1.90. The summed E-state index contributed by atoms with van der Waals surface area (Å²) in [6.07, 6.45) is -9.18. The van der Waals surface area contributed by atoms with Crippen LogP contribution in [0.25, 0.3) is 0 Å². The van der Waals surface area contributed by atoms with Crippen molar-refractivity contribution in [1.29, 1.82) is 0 Å². The molecule has 1 aromatic heterocycles. The van der Waals surface area contributed by atoms with Crippen LogP contribution >= 0.6 is 11.3 Å². The molecule has 0 bridgehead atoms. The summed E-state index contributed by atoms with van der Waals surface area (Å²) in [7, 11) is 0. The Kier molecular flexibility index (Phi) is 3.64. The van der Waals surface area contributed by atoms with E-state index in [9.17, 15) is 9.90 Å². The fraction of sp³-hybridized carbons (Fsp3) is 0.304. The lowest BCUT2D eigenvalue weighted by Crippen LogP contribution is -2.14. The number of benzene rings is 2. The summed E-state index contributed by atoms with van der Waals surface area (Å²) in [6.45, 7) is 1.37. The number of anilines is 2. The largest absolute Gasteiger partial charge is 0.388 e. The fourth-order valence-electron chi connectivity index (χ4n) is 2.32. The third kappa shape index (κ3) is 6.69. The molecule has 1 heterocycles. The number of hydrogen-bond donors (Lipinski definition) is 3. The van der Waals surface area contributed by atoms with E-state index in [1.54, 1.807) is 0 Å². The van der Waals surface area contributed by atoms with Crippen molar-refractivity contribution in [3.8, 4) is 0 Å². The van der Waals surface area contributed by atoms with Crippen LogP contribution in [0.2, 0.25) is 0 Å². The Bertz CT molecular complexity index is 1450. The van der Waals surface area contributed by atoms with E-state index in [1.807, 2.05) is 0 Å². The molecule has 3 aromatic rings. The van der Waals surface area contributed by atoms with Crippen LogP contribution in [0.15, 0.2) is 53.7 Å². The summed E-state index contributed by atoms with van der Waals surface area (Å²) in [5.74, 6) is -0.719. The number of nitrogens with one attached hydrogen (secondary N) is 1. The summed E-state index contributed by atoms with van der Waals surface area (Å²) in [5.41, 5.74) is 4.20. The summed E-state index contributed by atoms with van der Waals surface area (Å²) in [6, 6.07) is -5.19. The van der Waals surface area contributed by atoms with E-state index in [-0.39, 0.29) is 34.8 Å². The Labute approximate surface area is 192 Å². The number of thiazole rings is 1. The van der Waals surface area contributed by atoms with E-state index in [2.05, 4.69) is 10.3 Å². The topological polar surface area (TPSA) is 88.2 Å². The SMILES string of the molecule is [2H]c1c([2H])c(C)c([2H])c([C@@H](O)CCC([2H])([2H])C([2H])([2H])c2c([2H])c([2H])c(NC(=O)Cc3csc(N)n3)c([2H])c2[2H])c1[2H]. The number of hydrogen-bond acceptors (Lipinski definition) is 5. The minimum absolute atomic E-state index is 0.0462. The molecule has 0 unspecified atom stereocenters. The quantitative estimate of drug-likeness (QED) is 0.469. The molecule has 2 aromatic carbocycles. The molecule has 0 spiro atoms. The molecule has 5 nitrogen and oxygen atoms in total. The molecular weight excluding hydrogens is 382 g/mol. The van der Waals surface area contributed by atoms with E-state index in [0.29, 0.717) is 5.69 Å². The molecule has 0 aliphatic rings. The number of aromatic nitrogens is 1. The number of aliphatic hydroxyl groups excluding tert-OH is 1. The van der Waals surface area contributed by atoms with Crippen molar-refractivity contribution in [1.82, 2.24) is 4.98 Å². The molecular formula is C23H27N3O2S. The highest BCUT2D eigenvalue weighted by atomic mass is 32.1. The molecule has 29 heavy (non-hydrogen) atoms. The molecule has 0 saturated carbocycles. The highest BCUT2D eigenvalue weighted by molar-refractivity contribution is 7.13. The highest BCUT2D eigenvalue weighted by Crippen LogP contribution is 2.21. The van der Waals surface area contributed by atoms with Gasteiger partial charge in [0.15, 0.2) is 5.13 Å². The van der Waals surface area contributed by atoms with Crippen LogP contribution < -0.4 is 11.1 Å². The second-order valence-electron chi connectivity index (χ2n) is 6.05. The van der Waals surface area contributed by atoms with Gasteiger partial charge in [0.25, 0.3) is 0 Å².